The maximum Gasteiger partial charge on any atom is 0.326 e. The zero-order valence-electron chi connectivity index (χ0n) is 13.4. The van der Waals surface area contributed by atoms with Gasteiger partial charge in [-0.15, -0.1) is 0 Å². The summed E-state index contributed by atoms with van der Waals surface area (Å²) in [5.74, 6) is -0.756. The zero-order chi connectivity index (χ0) is 18.4. The summed E-state index contributed by atoms with van der Waals surface area (Å²) >= 11 is 0. The third-order valence-corrected chi connectivity index (χ3v) is 5.07. The molecular formula is C16H16N2O6S. The molecule has 0 bridgehead atoms. The molecule has 2 aromatic rings. The van der Waals surface area contributed by atoms with Gasteiger partial charge in [-0.05, 0) is 25.1 Å². The molecular weight excluding hydrogens is 348 g/mol. The molecule has 0 aliphatic rings. The first-order valence-corrected chi connectivity index (χ1v) is 8.78. The summed E-state index contributed by atoms with van der Waals surface area (Å²) in [6, 6.07) is 12.9. The van der Waals surface area contributed by atoms with E-state index < -0.39 is 38.0 Å². The number of rotatable bonds is 7. The van der Waals surface area contributed by atoms with Crippen molar-refractivity contribution in [2.24, 2.45) is 0 Å². The van der Waals surface area contributed by atoms with Crippen molar-refractivity contribution in [1.82, 2.24) is 0 Å². The number of para-hydroxylation sites is 2. The van der Waals surface area contributed by atoms with E-state index in [4.69, 9.17) is 4.74 Å². The minimum Gasteiger partial charge on any atom is -0.465 e. The Labute approximate surface area is 144 Å². The van der Waals surface area contributed by atoms with Crippen LogP contribution in [0.25, 0.3) is 0 Å². The number of nitro benzene ring substituents is 1. The molecule has 2 rings (SSSR count). The number of hydrogen-bond acceptors (Lipinski definition) is 6. The van der Waals surface area contributed by atoms with Crippen LogP contribution in [0.5, 0.6) is 0 Å². The topological polar surface area (TPSA) is 107 Å². The Morgan fingerprint density at radius 1 is 1.12 bits per heavy atom. The van der Waals surface area contributed by atoms with Crippen molar-refractivity contribution in [3.05, 3.63) is 64.7 Å². The number of sulfonamides is 1. The molecule has 0 radical (unpaired) electrons. The molecule has 8 nitrogen and oxygen atoms in total. The highest BCUT2D eigenvalue weighted by atomic mass is 32.2. The quantitative estimate of drug-likeness (QED) is 0.424. The number of nitrogens with zero attached hydrogens (tertiary/aromatic N) is 2. The first kappa shape index (κ1) is 18.4. The van der Waals surface area contributed by atoms with Gasteiger partial charge in [-0.3, -0.25) is 19.2 Å². The van der Waals surface area contributed by atoms with E-state index in [0.717, 1.165) is 16.4 Å². The molecule has 9 heteroatoms. The largest absolute Gasteiger partial charge is 0.465 e. The van der Waals surface area contributed by atoms with E-state index in [9.17, 15) is 23.3 Å². The van der Waals surface area contributed by atoms with Gasteiger partial charge in [0.25, 0.3) is 15.7 Å². The van der Waals surface area contributed by atoms with Crippen LogP contribution in [-0.4, -0.2) is 32.5 Å². The van der Waals surface area contributed by atoms with Gasteiger partial charge >= 0.3 is 5.97 Å². The maximum absolute atomic E-state index is 13.0. The van der Waals surface area contributed by atoms with E-state index >= 15 is 0 Å². The van der Waals surface area contributed by atoms with Crippen molar-refractivity contribution in [2.75, 3.05) is 17.5 Å². The second-order valence-corrected chi connectivity index (χ2v) is 6.71. The van der Waals surface area contributed by atoms with Gasteiger partial charge in [0.05, 0.1) is 17.2 Å². The number of carbonyl (C=O) groups is 1. The van der Waals surface area contributed by atoms with Gasteiger partial charge in [-0.25, -0.2) is 8.42 Å². The molecule has 0 fully saturated rings. The van der Waals surface area contributed by atoms with Gasteiger partial charge in [0.2, 0.25) is 0 Å². The van der Waals surface area contributed by atoms with Crippen LogP contribution < -0.4 is 4.31 Å². The van der Waals surface area contributed by atoms with Crippen LogP contribution in [0.2, 0.25) is 0 Å². The second kappa shape index (κ2) is 7.75. The summed E-state index contributed by atoms with van der Waals surface area (Å²) < 4.78 is 31.6. The molecule has 0 aromatic heterocycles. The molecule has 0 amide bonds. The van der Waals surface area contributed by atoms with E-state index in [1.165, 1.54) is 24.3 Å². The molecule has 0 heterocycles. The third-order valence-electron chi connectivity index (χ3n) is 3.25. The predicted octanol–water partition coefficient (Wildman–Crippen LogP) is 2.35. The summed E-state index contributed by atoms with van der Waals surface area (Å²) in [5, 5.41) is 11.2. The highest BCUT2D eigenvalue weighted by Gasteiger charge is 2.33. The number of esters is 1. The van der Waals surface area contributed by atoms with Crippen molar-refractivity contribution in [3.8, 4) is 0 Å². The van der Waals surface area contributed by atoms with Gasteiger partial charge in [0.15, 0.2) is 4.90 Å². The lowest BCUT2D eigenvalue weighted by molar-refractivity contribution is -0.387. The minimum absolute atomic E-state index is 0.0903. The fourth-order valence-electron chi connectivity index (χ4n) is 2.18. The molecule has 0 unspecified atom stereocenters. The monoisotopic (exact) mass is 364 g/mol. The van der Waals surface area contributed by atoms with Crippen molar-refractivity contribution in [3.63, 3.8) is 0 Å². The fourth-order valence-corrected chi connectivity index (χ4v) is 3.75. The molecule has 132 valence electrons. The predicted molar refractivity (Wildman–Crippen MR) is 90.7 cm³/mol. The molecule has 0 saturated heterocycles. The van der Waals surface area contributed by atoms with Gasteiger partial charge in [0.1, 0.15) is 6.54 Å². The number of anilines is 1. The Hall–Kier alpha value is -2.94. The van der Waals surface area contributed by atoms with E-state index in [1.807, 2.05) is 0 Å². The van der Waals surface area contributed by atoms with Crippen molar-refractivity contribution in [2.45, 2.75) is 11.8 Å². The first-order valence-electron chi connectivity index (χ1n) is 7.34. The number of hydrogen-bond donors (Lipinski definition) is 0. The van der Waals surface area contributed by atoms with E-state index in [-0.39, 0.29) is 12.3 Å². The Kier molecular flexibility index (Phi) is 5.71. The molecule has 0 aliphatic carbocycles. The first-order chi connectivity index (χ1) is 11.9. The molecule has 0 spiro atoms. The zero-order valence-corrected chi connectivity index (χ0v) is 14.2. The van der Waals surface area contributed by atoms with Crippen molar-refractivity contribution in [1.29, 1.82) is 0 Å². The molecule has 0 atom stereocenters. The van der Waals surface area contributed by atoms with Crippen LogP contribution in [0.4, 0.5) is 11.4 Å². The lowest BCUT2D eigenvalue weighted by Gasteiger charge is -2.23. The average molecular weight is 364 g/mol. The number of benzene rings is 2. The second-order valence-electron chi connectivity index (χ2n) is 4.88. The molecule has 25 heavy (non-hydrogen) atoms. The van der Waals surface area contributed by atoms with Crippen LogP contribution >= 0.6 is 0 Å². The summed E-state index contributed by atoms with van der Waals surface area (Å²) in [4.78, 5) is 21.8. The molecule has 0 aliphatic heterocycles. The van der Waals surface area contributed by atoms with Crippen LogP contribution in [-0.2, 0) is 19.6 Å². The summed E-state index contributed by atoms with van der Waals surface area (Å²) in [6.07, 6.45) is 0. The third kappa shape index (κ3) is 4.13. The standard InChI is InChI=1S/C16H16N2O6S/c1-2-24-16(19)12-17(13-8-4-3-5-9-13)25(22,23)15-11-7-6-10-14(15)18(20)21/h3-11H,2,12H2,1H3. The summed E-state index contributed by atoms with van der Waals surface area (Å²) in [7, 11) is -4.35. The maximum atomic E-state index is 13.0. The Balaban J connectivity index is 2.56. The van der Waals surface area contributed by atoms with Crippen LogP contribution in [0.3, 0.4) is 0 Å². The Bertz CT molecular complexity index is 867. The number of carbonyl (C=O) groups excluding carboxylic acids is 1. The van der Waals surface area contributed by atoms with Crippen molar-refractivity contribution >= 4 is 27.4 Å². The molecule has 0 N–H and O–H groups in total. The van der Waals surface area contributed by atoms with Gasteiger partial charge in [-0.1, -0.05) is 30.3 Å². The smallest absolute Gasteiger partial charge is 0.326 e. The highest BCUT2D eigenvalue weighted by molar-refractivity contribution is 7.93. The fraction of sp³-hybridized carbons (Fsp3) is 0.188. The average Bonchev–Trinajstić information content (AvgIpc) is 2.60. The van der Waals surface area contributed by atoms with Gasteiger partial charge in [0, 0.05) is 6.07 Å². The number of ether oxygens (including phenoxy) is 1. The van der Waals surface area contributed by atoms with E-state index in [2.05, 4.69) is 0 Å². The van der Waals surface area contributed by atoms with E-state index in [1.54, 1.807) is 25.1 Å². The normalized spacial score (nSPS) is 10.9. The lowest BCUT2D eigenvalue weighted by Crippen LogP contribution is -2.36. The summed E-state index contributed by atoms with van der Waals surface area (Å²) in [5.41, 5.74) is -0.360. The number of nitro groups is 1. The summed E-state index contributed by atoms with van der Waals surface area (Å²) in [6.45, 7) is 1.10. The molecule has 0 saturated carbocycles. The van der Waals surface area contributed by atoms with E-state index in [0.29, 0.717) is 0 Å². The SMILES string of the molecule is CCOC(=O)CN(c1ccccc1)S(=O)(=O)c1ccccc1[N+](=O)[O-]. The van der Waals surface area contributed by atoms with Gasteiger partial charge < -0.3 is 4.74 Å². The van der Waals surface area contributed by atoms with Crippen LogP contribution in [0.15, 0.2) is 59.5 Å². The van der Waals surface area contributed by atoms with Crippen LogP contribution in [0, 0.1) is 10.1 Å². The minimum atomic E-state index is -4.35. The van der Waals surface area contributed by atoms with Crippen LogP contribution in [0.1, 0.15) is 6.92 Å². The van der Waals surface area contributed by atoms with Crippen molar-refractivity contribution < 1.29 is 22.9 Å². The lowest BCUT2D eigenvalue weighted by atomic mass is 10.3. The highest BCUT2D eigenvalue weighted by Crippen LogP contribution is 2.29. The molecule has 2 aromatic carbocycles. The Morgan fingerprint density at radius 2 is 1.72 bits per heavy atom. The van der Waals surface area contributed by atoms with Gasteiger partial charge in [-0.2, -0.15) is 0 Å². The Morgan fingerprint density at radius 3 is 2.32 bits per heavy atom.